The van der Waals surface area contributed by atoms with Crippen LogP contribution in [0.3, 0.4) is 0 Å². The van der Waals surface area contributed by atoms with E-state index in [2.05, 4.69) is 20.6 Å². The largest absolute Gasteiger partial charge is 0.492 e. The van der Waals surface area contributed by atoms with Gasteiger partial charge in [0.1, 0.15) is 12.6 Å². The molecule has 0 unspecified atom stereocenters. The van der Waals surface area contributed by atoms with Crippen LogP contribution in [0.25, 0.3) is 0 Å². The number of hydrogen-bond acceptors (Lipinski definition) is 8. The van der Waals surface area contributed by atoms with Gasteiger partial charge in [0, 0.05) is 18.8 Å². The van der Waals surface area contributed by atoms with Crippen molar-refractivity contribution in [2.24, 2.45) is 5.92 Å². The number of ether oxygens (including phenoxy) is 1. The summed E-state index contributed by atoms with van der Waals surface area (Å²) in [5, 5.41) is 15.6. The maximum Gasteiger partial charge on any atom is 0.492 e. The molecule has 1 aromatic heterocycles. The average molecular weight is 412 g/mol. The lowest BCUT2D eigenvalue weighted by Gasteiger charge is -2.21. The fraction of sp³-hybridized carbons (Fsp3) is 0.400. The minimum Gasteiger partial charge on any atom is -0.458 e. The quantitative estimate of drug-likeness (QED) is 0.445. The standard InChI is InChI=1S/C20H25BN4O5/c1-11(2)17(19(27)29-10-14-7-8-23-20(22-4)24-14)25-18(26)15-6-5-13-9-30-21(28)16(13)12(15)3/h5-8,11,17,28H,9-10H2,1-4H3,(H,25,26)(H,22,23,24)/t17-/m0/s1. The van der Waals surface area contributed by atoms with Gasteiger partial charge in [0.05, 0.1) is 12.3 Å². The number of aromatic nitrogens is 2. The molecule has 0 saturated heterocycles. The Kier molecular flexibility index (Phi) is 6.68. The molecule has 30 heavy (non-hydrogen) atoms. The molecule has 0 radical (unpaired) electrons. The van der Waals surface area contributed by atoms with Crippen LogP contribution in [-0.4, -0.2) is 47.1 Å². The zero-order valence-electron chi connectivity index (χ0n) is 17.4. The molecule has 1 aliphatic heterocycles. The van der Waals surface area contributed by atoms with E-state index >= 15 is 0 Å². The van der Waals surface area contributed by atoms with E-state index < -0.39 is 25.0 Å². The summed E-state index contributed by atoms with van der Waals surface area (Å²) in [6.45, 7) is 5.67. The third-order valence-corrected chi connectivity index (χ3v) is 5.00. The van der Waals surface area contributed by atoms with Crippen molar-refractivity contribution in [3.8, 4) is 0 Å². The van der Waals surface area contributed by atoms with E-state index in [1.807, 2.05) is 13.8 Å². The van der Waals surface area contributed by atoms with Crippen molar-refractivity contribution in [2.45, 2.75) is 40.0 Å². The van der Waals surface area contributed by atoms with Crippen molar-refractivity contribution in [3.63, 3.8) is 0 Å². The first-order valence-electron chi connectivity index (χ1n) is 9.71. The summed E-state index contributed by atoms with van der Waals surface area (Å²) in [4.78, 5) is 33.7. The van der Waals surface area contributed by atoms with E-state index in [0.717, 1.165) is 5.56 Å². The van der Waals surface area contributed by atoms with Crippen LogP contribution in [0.4, 0.5) is 5.95 Å². The summed E-state index contributed by atoms with van der Waals surface area (Å²) >= 11 is 0. The molecule has 9 nitrogen and oxygen atoms in total. The maximum absolute atomic E-state index is 12.9. The summed E-state index contributed by atoms with van der Waals surface area (Å²) in [5.74, 6) is -0.728. The van der Waals surface area contributed by atoms with Gasteiger partial charge in [-0.2, -0.15) is 0 Å². The molecule has 1 atom stereocenters. The van der Waals surface area contributed by atoms with Crippen LogP contribution in [0.5, 0.6) is 0 Å². The zero-order chi connectivity index (χ0) is 21.8. The second-order valence-electron chi connectivity index (χ2n) is 7.40. The minimum atomic E-state index is -1.05. The van der Waals surface area contributed by atoms with Crippen LogP contribution >= 0.6 is 0 Å². The SMILES string of the molecule is CNc1nccc(COC(=O)[C@@H](NC(=O)c2ccc3c(c2C)B(O)OC3)C(C)C)n1. The number of amides is 1. The van der Waals surface area contributed by atoms with Gasteiger partial charge in [-0.05, 0) is 41.6 Å². The lowest BCUT2D eigenvalue weighted by molar-refractivity contribution is -0.148. The molecule has 0 fully saturated rings. The van der Waals surface area contributed by atoms with Crippen molar-refractivity contribution in [1.29, 1.82) is 0 Å². The molecular weight excluding hydrogens is 387 g/mol. The third kappa shape index (κ3) is 4.60. The normalized spacial score (nSPS) is 13.7. The molecular formula is C20H25BN4O5. The first kappa shape index (κ1) is 21.7. The first-order chi connectivity index (χ1) is 14.3. The van der Waals surface area contributed by atoms with Gasteiger partial charge < -0.3 is 25.0 Å². The van der Waals surface area contributed by atoms with Crippen LogP contribution in [0, 0.1) is 12.8 Å². The summed E-state index contributed by atoms with van der Waals surface area (Å²) in [7, 11) is 0.649. The van der Waals surface area contributed by atoms with Crippen LogP contribution in [0.2, 0.25) is 0 Å². The van der Waals surface area contributed by atoms with Gasteiger partial charge >= 0.3 is 13.1 Å². The minimum absolute atomic E-state index is 0.0312. The van der Waals surface area contributed by atoms with Crippen LogP contribution in [0.1, 0.15) is 41.0 Å². The fourth-order valence-electron chi connectivity index (χ4n) is 3.30. The number of nitrogens with zero attached hydrogens (tertiary/aromatic N) is 2. The van der Waals surface area contributed by atoms with Gasteiger partial charge in [0.25, 0.3) is 5.91 Å². The molecule has 2 heterocycles. The number of rotatable bonds is 7. The molecule has 2 aromatic rings. The Balaban J connectivity index is 1.70. The third-order valence-electron chi connectivity index (χ3n) is 5.00. The predicted octanol–water partition coefficient (Wildman–Crippen LogP) is 0.542. The highest BCUT2D eigenvalue weighted by Crippen LogP contribution is 2.17. The molecule has 0 bridgehead atoms. The zero-order valence-corrected chi connectivity index (χ0v) is 17.4. The van der Waals surface area contributed by atoms with E-state index in [4.69, 9.17) is 9.39 Å². The number of carbonyl (C=O) groups excluding carboxylic acids is 2. The van der Waals surface area contributed by atoms with E-state index in [1.54, 1.807) is 38.4 Å². The van der Waals surface area contributed by atoms with Crippen molar-refractivity contribution in [3.05, 3.63) is 46.8 Å². The Bertz CT molecular complexity index is 953. The Morgan fingerprint density at radius 2 is 2.10 bits per heavy atom. The number of benzene rings is 1. The second-order valence-corrected chi connectivity index (χ2v) is 7.40. The first-order valence-corrected chi connectivity index (χ1v) is 9.71. The fourth-order valence-corrected chi connectivity index (χ4v) is 3.30. The molecule has 1 aliphatic rings. The number of fused-ring (bicyclic) bond motifs is 1. The van der Waals surface area contributed by atoms with Crippen LogP contribution in [-0.2, 0) is 27.4 Å². The Hall–Kier alpha value is -2.98. The number of nitrogens with one attached hydrogen (secondary N) is 2. The van der Waals surface area contributed by atoms with Gasteiger partial charge in [-0.1, -0.05) is 19.9 Å². The summed E-state index contributed by atoms with van der Waals surface area (Å²) in [5.41, 5.74) is 3.01. The number of anilines is 1. The van der Waals surface area contributed by atoms with Gasteiger partial charge in [-0.3, -0.25) is 4.79 Å². The Morgan fingerprint density at radius 3 is 2.80 bits per heavy atom. The Morgan fingerprint density at radius 1 is 1.33 bits per heavy atom. The summed E-state index contributed by atoms with van der Waals surface area (Å²) in [6, 6.07) is 4.24. The molecule has 1 aromatic carbocycles. The topological polar surface area (TPSA) is 123 Å². The molecule has 3 N–H and O–H groups in total. The van der Waals surface area contributed by atoms with Gasteiger partial charge in [-0.25, -0.2) is 14.8 Å². The van der Waals surface area contributed by atoms with E-state index in [9.17, 15) is 14.6 Å². The monoisotopic (exact) mass is 412 g/mol. The molecule has 3 rings (SSSR count). The molecule has 10 heteroatoms. The Labute approximate surface area is 175 Å². The highest BCUT2D eigenvalue weighted by atomic mass is 16.5. The van der Waals surface area contributed by atoms with E-state index in [1.165, 1.54) is 0 Å². The molecule has 0 aliphatic carbocycles. The molecule has 1 amide bonds. The summed E-state index contributed by atoms with van der Waals surface area (Å²) in [6.07, 6.45) is 1.57. The van der Waals surface area contributed by atoms with Crippen LogP contribution < -0.4 is 16.1 Å². The predicted molar refractivity (Wildman–Crippen MR) is 111 cm³/mol. The van der Waals surface area contributed by atoms with Crippen molar-refractivity contribution in [2.75, 3.05) is 12.4 Å². The van der Waals surface area contributed by atoms with Crippen molar-refractivity contribution < 1.29 is 24.0 Å². The van der Waals surface area contributed by atoms with E-state index in [0.29, 0.717) is 34.8 Å². The lowest BCUT2D eigenvalue weighted by Crippen LogP contribution is -2.46. The molecule has 0 saturated carbocycles. The maximum atomic E-state index is 12.9. The molecule has 158 valence electrons. The number of esters is 1. The van der Waals surface area contributed by atoms with Crippen molar-refractivity contribution >= 4 is 30.4 Å². The van der Waals surface area contributed by atoms with Gasteiger partial charge in [0.2, 0.25) is 5.95 Å². The average Bonchev–Trinajstić information content (AvgIpc) is 3.11. The highest BCUT2D eigenvalue weighted by molar-refractivity contribution is 6.62. The van der Waals surface area contributed by atoms with Gasteiger partial charge in [0.15, 0.2) is 0 Å². The summed E-state index contributed by atoms with van der Waals surface area (Å²) < 4.78 is 10.6. The highest BCUT2D eigenvalue weighted by Gasteiger charge is 2.32. The second kappa shape index (κ2) is 9.23. The smallest absolute Gasteiger partial charge is 0.458 e. The van der Waals surface area contributed by atoms with Crippen molar-refractivity contribution in [1.82, 2.24) is 15.3 Å². The van der Waals surface area contributed by atoms with Gasteiger partial charge in [-0.15, -0.1) is 0 Å². The van der Waals surface area contributed by atoms with E-state index in [-0.39, 0.29) is 12.5 Å². The lowest BCUT2D eigenvalue weighted by atomic mass is 9.75. The number of hydrogen-bond donors (Lipinski definition) is 3. The number of carbonyl (C=O) groups is 2. The molecule has 0 spiro atoms. The van der Waals surface area contributed by atoms with Crippen LogP contribution in [0.15, 0.2) is 24.4 Å².